The summed E-state index contributed by atoms with van der Waals surface area (Å²) in [4.78, 5) is 22.8. The zero-order valence-electron chi connectivity index (χ0n) is 13.2. The van der Waals surface area contributed by atoms with E-state index in [0.29, 0.717) is 6.42 Å². The first-order valence-corrected chi connectivity index (χ1v) is 7.66. The fraction of sp³-hybridized carbons (Fsp3) is 0.867. The third-order valence-electron chi connectivity index (χ3n) is 3.18. The number of carboxylic acid groups (broad SMARTS) is 1. The zero-order chi connectivity index (χ0) is 15.5. The van der Waals surface area contributed by atoms with Gasteiger partial charge in [-0.05, 0) is 25.7 Å². The molecule has 0 aromatic heterocycles. The summed E-state index contributed by atoms with van der Waals surface area (Å²) in [6.45, 7) is 7.98. The number of urea groups is 1. The molecule has 0 rings (SSSR count). The van der Waals surface area contributed by atoms with Crippen LogP contribution in [-0.2, 0) is 4.79 Å². The van der Waals surface area contributed by atoms with Gasteiger partial charge in [-0.25, -0.2) is 9.59 Å². The molecule has 5 nitrogen and oxygen atoms in total. The molecule has 0 aromatic carbocycles. The highest BCUT2D eigenvalue weighted by molar-refractivity contribution is 5.82. The van der Waals surface area contributed by atoms with Crippen LogP contribution in [0.15, 0.2) is 0 Å². The lowest BCUT2D eigenvalue weighted by Gasteiger charge is -2.19. The van der Waals surface area contributed by atoms with Crippen molar-refractivity contribution in [2.45, 2.75) is 78.3 Å². The third kappa shape index (κ3) is 9.64. The van der Waals surface area contributed by atoms with E-state index in [9.17, 15) is 9.59 Å². The van der Waals surface area contributed by atoms with Crippen LogP contribution in [0.3, 0.4) is 0 Å². The van der Waals surface area contributed by atoms with Crippen LogP contribution in [0, 0.1) is 5.92 Å². The monoisotopic (exact) mass is 286 g/mol. The van der Waals surface area contributed by atoms with Crippen molar-refractivity contribution in [2.75, 3.05) is 0 Å². The van der Waals surface area contributed by atoms with E-state index in [1.165, 1.54) is 19.3 Å². The number of amides is 2. The van der Waals surface area contributed by atoms with Gasteiger partial charge in [-0.3, -0.25) is 0 Å². The van der Waals surface area contributed by atoms with Crippen LogP contribution in [0.4, 0.5) is 4.79 Å². The van der Waals surface area contributed by atoms with Crippen LogP contribution in [0.1, 0.15) is 66.2 Å². The number of aliphatic carboxylic acids is 1. The van der Waals surface area contributed by atoms with Gasteiger partial charge in [0, 0.05) is 6.04 Å². The summed E-state index contributed by atoms with van der Waals surface area (Å²) in [7, 11) is 0. The average molecular weight is 286 g/mol. The van der Waals surface area contributed by atoms with Gasteiger partial charge in [0.25, 0.3) is 0 Å². The van der Waals surface area contributed by atoms with Crippen LogP contribution in [0.2, 0.25) is 0 Å². The van der Waals surface area contributed by atoms with Crippen molar-refractivity contribution in [3.63, 3.8) is 0 Å². The first kappa shape index (κ1) is 18.7. The summed E-state index contributed by atoms with van der Waals surface area (Å²) in [5.41, 5.74) is 0. The summed E-state index contributed by atoms with van der Waals surface area (Å²) in [5.74, 6) is -0.757. The number of hydrogen-bond donors (Lipinski definition) is 3. The molecule has 2 atom stereocenters. The van der Waals surface area contributed by atoms with E-state index in [4.69, 9.17) is 5.11 Å². The predicted octanol–water partition coefficient (Wildman–Crippen LogP) is 3.14. The summed E-state index contributed by atoms with van der Waals surface area (Å²) in [5, 5.41) is 14.4. The lowest BCUT2D eigenvalue weighted by Crippen LogP contribution is -2.48. The van der Waals surface area contributed by atoms with Crippen LogP contribution in [0.5, 0.6) is 0 Å². The Bertz CT molecular complexity index is 293. The zero-order valence-corrected chi connectivity index (χ0v) is 13.2. The standard InChI is InChI=1S/C15H30N2O3/c1-5-6-7-8-9-12(4)16-15(20)17-13(14(18)19)10-11(2)3/h11-13H,5-10H2,1-4H3,(H,18,19)(H2,16,17,20)/t12?,13-/m0/s1. The molecule has 3 N–H and O–H groups in total. The smallest absolute Gasteiger partial charge is 0.326 e. The molecule has 118 valence electrons. The van der Waals surface area contributed by atoms with E-state index in [0.717, 1.165) is 12.8 Å². The Hall–Kier alpha value is -1.26. The molecule has 0 saturated carbocycles. The number of rotatable bonds is 10. The topological polar surface area (TPSA) is 78.4 Å². The molecule has 0 aliphatic rings. The number of carbonyl (C=O) groups excluding carboxylic acids is 1. The largest absolute Gasteiger partial charge is 0.480 e. The minimum Gasteiger partial charge on any atom is -0.480 e. The summed E-state index contributed by atoms with van der Waals surface area (Å²) in [6.07, 6.45) is 6.04. The number of carboxylic acids is 1. The maximum Gasteiger partial charge on any atom is 0.326 e. The summed E-state index contributed by atoms with van der Waals surface area (Å²) >= 11 is 0. The Balaban J connectivity index is 4.02. The Kier molecular flexibility index (Phi) is 9.86. The van der Waals surface area contributed by atoms with Gasteiger partial charge in [0.2, 0.25) is 0 Å². The molecule has 20 heavy (non-hydrogen) atoms. The van der Waals surface area contributed by atoms with Gasteiger partial charge >= 0.3 is 12.0 Å². The molecule has 0 bridgehead atoms. The molecule has 0 radical (unpaired) electrons. The van der Waals surface area contributed by atoms with E-state index in [1.807, 2.05) is 20.8 Å². The first-order valence-electron chi connectivity index (χ1n) is 7.66. The Morgan fingerprint density at radius 3 is 2.20 bits per heavy atom. The van der Waals surface area contributed by atoms with Crippen molar-refractivity contribution in [3.8, 4) is 0 Å². The minimum atomic E-state index is -0.982. The normalized spacial score (nSPS) is 13.8. The summed E-state index contributed by atoms with van der Waals surface area (Å²) in [6, 6.07) is -1.14. The fourth-order valence-corrected chi connectivity index (χ4v) is 2.07. The van der Waals surface area contributed by atoms with Crippen LogP contribution < -0.4 is 10.6 Å². The van der Waals surface area contributed by atoms with Gasteiger partial charge in [0.05, 0.1) is 0 Å². The SMILES string of the molecule is CCCCCCC(C)NC(=O)N[C@@H](CC(C)C)C(=O)O. The quantitative estimate of drug-likeness (QED) is 0.540. The van der Waals surface area contributed by atoms with Gasteiger partial charge in [0.1, 0.15) is 6.04 Å². The number of hydrogen-bond acceptors (Lipinski definition) is 2. The molecule has 0 aromatic rings. The highest BCUT2D eigenvalue weighted by Gasteiger charge is 2.21. The second-order valence-corrected chi connectivity index (χ2v) is 5.89. The van der Waals surface area contributed by atoms with Gasteiger partial charge < -0.3 is 15.7 Å². The van der Waals surface area contributed by atoms with Crippen molar-refractivity contribution in [3.05, 3.63) is 0 Å². The molecular formula is C15H30N2O3. The van der Waals surface area contributed by atoms with Crippen molar-refractivity contribution >= 4 is 12.0 Å². The average Bonchev–Trinajstić information content (AvgIpc) is 2.33. The van der Waals surface area contributed by atoms with Crippen molar-refractivity contribution in [1.82, 2.24) is 10.6 Å². The van der Waals surface area contributed by atoms with Crippen molar-refractivity contribution < 1.29 is 14.7 Å². The Morgan fingerprint density at radius 2 is 1.70 bits per heavy atom. The molecule has 0 aliphatic heterocycles. The molecule has 0 heterocycles. The predicted molar refractivity (Wildman–Crippen MR) is 80.8 cm³/mol. The van der Waals surface area contributed by atoms with E-state index < -0.39 is 12.0 Å². The van der Waals surface area contributed by atoms with E-state index >= 15 is 0 Å². The highest BCUT2D eigenvalue weighted by atomic mass is 16.4. The highest BCUT2D eigenvalue weighted by Crippen LogP contribution is 2.06. The lowest BCUT2D eigenvalue weighted by molar-refractivity contribution is -0.139. The van der Waals surface area contributed by atoms with E-state index in [1.54, 1.807) is 0 Å². The molecule has 0 spiro atoms. The summed E-state index contributed by atoms with van der Waals surface area (Å²) < 4.78 is 0. The molecule has 5 heteroatoms. The second kappa shape index (κ2) is 10.5. The van der Waals surface area contributed by atoms with E-state index in [2.05, 4.69) is 17.6 Å². The molecule has 0 saturated heterocycles. The third-order valence-corrected chi connectivity index (χ3v) is 3.18. The number of nitrogens with one attached hydrogen (secondary N) is 2. The molecular weight excluding hydrogens is 256 g/mol. The van der Waals surface area contributed by atoms with Crippen molar-refractivity contribution in [1.29, 1.82) is 0 Å². The van der Waals surface area contributed by atoms with Gasteiger partial charge in [-0.2, -0.15) is 0 Å². The molecule has 0 aliphatic carbocycles. The fourth-order valence-electron chi connectivity index (χ4n) is 2.07. The van der Waals surface area contributed by atoms with Gasteiger partial charge in [-0.1, -0.05) is 46.5 Å². The van der Waals surface area contributed by atoms with Gasteiger partial charge in [0.15, 0.2) is 0 Å². The number of carbonyl (C=O) groups is 2. The van der Waals surface area contributed by atoms with Crippen LogP contribution in [-0.4, -0.2) is 29.2 Å². The second-order valence-electron chi connectivity index (χ2n) is 5.89. The van der Waals surface area contributed by atoms with Crippen LogP contribution >= 0.6 is 0 Å². The Morgan fingerprint density at radius 1 is 1.05 bits per heavy atom. The molecule has 0 fully saturated rings. The molecule has 1 unspecified atom stereocenters. The Labute approximate surface area is 122 Å². The maximum absolute atomic E-state index is 11.8. The van der Waals surface area contributed by atoms with E-state index in [-0.39, 0.29) is 18.0 Å². The number of unbranched alkanes of at least 4 members (excludes halogenated alkanes) is 3. The first-order chi connectivity index (χ1) is 9.36. The maximum atomic E-state index is 11.8. The van der Waals surface area contributed by atoms with Crippen molar-refractivity contribution in [2.24, 2.45) is 5.92 Å². The minimum absolute atomic E-state index is 0.0698. The van der Waals surface area contributed by atoms with Gasteiger partial charge in [-0.15, -0.1) is 0 Å². The van der Waals surface area contributed by atoms with Crippen LogP contribution in [0.25, 0.3) is 0 Å². The molecule has 2 amide bonds. The lowest BCUT2D eigenvalue weighted by atomic mass is 10.0.